The maximum absolute atomic E-state index is 11.5. The average Bonchev–Trinajstić information content (AvgIpc) is 1.24. The SMILES string of the molecule is CC(C)C(=O)CCCN(C)C.CC(C)C(=O)N1CCN(C)CC1.CC(C)C1CCNCC1.CC(C)N1CCC(N(C)C)C1.CC(C)N1CCC(N2CCCC2)CC1.CC(C)N1CCC(N2CCN(C)CC2)CC1.CC(C)N1CCC(O)CC1.CC(C)N1CCN(C)CC1.CC(C)N1CCN(CCO)CC1. The van der Waals surface area contributed by atoms with E-state index < -0.39 is 0 Å². The number of likely N-dealkylation sites (tertiary alicyclic amines) is 5. The van der Waals surface area contributed by atoms with Crippen molar-refractivity contribution in [2.75, 3.05) is 252 Å². The molecule has 0 aromatic heterocycles. The van der Waals surface area contributed by atoms with Gasteiger partial charge in [0, 0.05) is 210 Å². The zero-order valence-corrected chi connectivity index (χ0v) is 74.1. The molecule has 105 heavy (non-hydrogen) atoms. The lowest BCUT2D eigenvalue weighted by Gasteiger charge is -2.43. The van der Waals surface area contributed by atoms with Crippen molar-refractivity contribution < 1.29 is 19.8 Å². The molecule has 624 valence electrons. The predicted octanol–water partition coefficient (Wildman–Crippen LogP) is 9.20. The summed E-state index contributed by atoms with van der Waals surface area (Å²) in [6.07, 6.45) is 16.1. The summed E-state index contributed by atoms with van der Waals surface area (Å²) in [7, 11) is 14.9. The number of carbonyl (C=O) groups is 2. The molecule has 10 heterocycles. The second-order valence-corrected chi connectivity index (χ2v) is 35.9. The zero-order chi connectivity index (χ0) is 78.7. The van der Waals surface area contributed by atoms with Gasteiger partial charge in [-0.05, 0) is 280 Å². The number of carbonyl (C=O) groups excluding carboxylic acids is 2. The maximum atomic E-state index is 11.5. The van der Waals surface area contributed by atoms with Crippen LogP contribution in [0, 0.1) is 23.7 Å². The fourth-order valence-corrected chi connectivity index (χ4v) is 15.6. The molecule has 1 atom stereocenters. The summed E-state index contributed by atoms with van der Waals surface area (Å²) in [4.78, 5) is 59.1. The van der Waals surface area contributed by atoms with E-state index in [1.807, 2.05) is 46.7 Å². The van der Waals surface area contributed by atoms with Gasteiger partial charge in [-0.3, -0.25) is 34.1 Å². The summed E-state index contributed by atoms with van der Waals surface area (Å²) >= 11 is 0. The number of aliphatic hydroxyl groups excluding tert-OH is 2. The normalized spacial score (nSPS) is 23.3. The van der Waals surface area contributed by atoms with E-state index in [9.17, 15) is 14.7 Å². The number of nitrogens with zero attached hydrogens (tertiary/aromatic N) is 15. The number of aliphatic hydroxyl groups is 2. The molecule has 10 saturated heterocycles. The predicted molar refractivity (Wildman–Crippen MR) is 452 cm³/mol. The molecular weight excluding hydrogens is 1310 g/mol. The zero-order valence-electron chi connectivity index (χ0n) is 74.1. The Morgan fingerprint density at radius 2 is 0.781 bits per heavy atom. The van der Waals surface area contributed by atoms with E-state index in [0.29, 0.717) is 30.4 Å². The van der Waals surface area contributed by atoms with Gasteiger partial charge in [0.2, 0.25) is 5.91 Å². The Balaban J connectivity index is 0.000000403. The van der Waals surface area contributed by atoms with Gasteiger partial charge in [0.15, 0.2) is 0 Å². The van der Waals surface area contributed by atoms with Crippen molar-refractivity contribution in [3.63, 3.8) is 0 Å². The maximum Gasteiger partial charge on any atom is 0.225 e. The molecule has 1 amide bonds. The van der Waals surface area contributed by atoms with Crippen LogP contribution in [0.25, 0.3) is 0 Å². The smallest absolute Gasteiger partial charge is 0.225 e. The van der Waals surface area contributed by atoms with Crippen LogP contribution in [0.1, 0.15) is 208 Å². The first-order chi connectivity index (χ1) is 49.6. The van der Waals surface area contributed by atoms with Gasteiger partial charge in [-0.1, -0.05) is 41.5 Å². The molecule has 0 bridgehead atoms. The summed E-state index contributed by atoms with van der Waals surface area (Å²) in [5.74, 6) is 2.92. The summed E-state index contributed by atoms with van der Waals surface area (Å²) in [5.41, 5.74) is 0. The molecule has 0 aromatic rings. The van der Waals surface area contributed by atoms with Gasteiger partial charge in [0.05, 0.1) is 12.7 Å². The third kappa shape index (κ3) is 43.9. The molecule has 10 rings (SSSR count). The number of rotatable bonds is 18. The average molecular weight is 1490 g/mol. The lowest BCUT2D eigenvalue weighted by atomic mass is 9.87. The number of likely N-dealkylation sites (N-methyl/N-ethyl adjacent to an activating group) is 4. The van der Waals surface area contributed by atoms with Crippen LogP contribution in [0.4, 0.5) is 0 Å². The van der Waals surface area contributed by atoms with E-state index in [1.54, 1.807) is 0 Å². The Morgan fingerprint density at radius 1 is 0.419 bits per heavy atom. The van der Waals surface area contributed by atoms with E-state index in [1.165, 1.54) is 176 Å². The first kappa shape index (κ1) is 99.5. The highest BCUT2D eigenvalue weighted by Crippen LogP contribution is 2.24. The van der Waals surface area contributed by atoms with Crippen LogP contribution in [-0.2, 0) is 9.59 Å². The lowest BCUT2D eigenvalue weighted by Crippen LogP contribution is -2.53. The second kappa shape index (κ2) is 56.6. The highest BCUT2D eigenvalue weighted by atomic mass is 16.3. The number of piperazine rings is 4. The molecule has 0 radical (unpaired) electrons. The number of β-amino-alcohol motifs (C(OH)–C–C–N with tert-alkyl or cyclic N) is 1. The summed E-state index contributed by atoms with van der Waals surface area (Å²) in [6, 6.07) is 6.80. The molecule has 1 unspecified atom stereocenters. The van der Waals surface area contributed by atoms with Gasteiger partial charge in [-0.2, -0.15) is 0 Å². The second-order valence-electron chi connectivity index (χ2n) is 35.9. The van der Waals surface area contributed by atoms with Gasteiger partial charge >= 0.3 is 0 Å². The Morgan fingerprint density at radius 3 is 1.11 bits per heavy atom. The lowest BCUT2D eigenvalue weighted by molar-refractivity contribution is -0.136. The van der Waals surface area contributed by atoms with Crippen molar-refractivity contribution >= 4 is 11.7 Å². The Bertz CT molecular complexity index is 2020. The number of amides is 1. The van der Waals surface area contributed by atoms with Crippen molar-refractivity contribution in [1.82, 2.24) is 78.8 Å². The number of hydrogen-bond donors (Lipinski definition) is 3. The summed E-state index contributed by atoms with van der Waals surface area (Å²) in [5, 5.41) is 21.3. The van der Waals surface area contributed by atoms with Crippen LogP contribution in [0.5, 0.6) is 0 Å². The largest absolute Gasteiger partial charge is 0.395 e. The third-order valence-electron chi connectivity index (χ3n) is 24.2. The Kier molecular flexibility index (Phi) is 53.7. The minimum atomic E-state index is -0.0324. The minimum absolute atomic E-state index is 0.0324. The summed E-state index contributed by atoms with van der Waals surface area (Å²) in [6.45, 7) is 75.4. The standard InChI is InChI=1S/C13H27N3.C12H24N2.C9H18N2O.C9H20N2O.C9H20N2.C9H19NO.C8H18N2.C8H17NO.C8H17N/c1-12(2)15-6-4-13(5-7-15)16-10-8-14(3)9-11-16;1-11(2)13-9-5-12(6-10-13)14-7-3-4-8-14;1-8(2)9(12)11-6-4-10(3)5-7-11;1-9(2)11-5-3-10(4-6-11)7-8-12;1-8(2)11-6-5-9(7-11)10(3)4;1-8(2)9(11)6-5-7-10(3)4;1-8(2)10-6-4-9(3)5-7-10;1-7(2)9-5-3-8(10)4-6-9;1-7(2)8-3-5-9-6-4-8/h12-13H,4-11H2,1-3H3;11-12H,3-10H2,1-2H3;8H,4-7H2,1-3H3;9,12H,3-8H2,1-2H3;8-9H,5-7H2,1-4H3;8H,5-7H2,1-4H3;8H,4-7H2,1-3H3;7-8,10H,3-6H2,1-2H3;7-9H,3-6H2,1-2H3. The number of hydrogen-bond acceptors (Lipinski definition) is 19. The van der Waals surface area contributed by atoms with Crippen molar-refractivity contribution in [2.24, 2.45) is 23.7 Å². The van der Waals surface area contributed by atoms with Crippen LogP contribution in [-0.4, -0.2) is 408 Å². The van der Waals surface area contributed by atoms with E-state index in [-0.39, 0.29) is 17.9 Å². The molecular formula is C85H180N16O4. The molecule has 0 saturated carbocycles. The third-order valence-corrected chi connectivity index (χ3v) is 24.2. The quantitative estimate of drug-likeness (QED) is 0.120. The minimum Gasteiger partial charge on any atom is -0.395 e. The van der Waals surface area contributed by atoms with Crippen molar-refractivity contribution in [3.05, 3.63) is 0 Å². The topological polar surface area (TPSA) is 135 Å². The molecule has 0 aliphatic carbocycles. The molecule has 0 spiro atoms. The molecule has 20 heteroatoms. The molecule has 10 aliphatic rings. The van der Waals surface area contributed by atoms with Crippen molar-refractivity contribution in [1.29, 1.82) is 0 Å². The molecule has 10 aliphatic heterocycles. The highest BCUT2D eigenvalue weighted by molar-refractivity contribution is 5.80. The van der Waals surface area contributed by atoms with Crippen LogP contribution >= 0.6 is 0 Å². The van der Waals surface area contributed by atoms with Gasteiger partial charge in [0.1, 0.15) is 5.78 Å². The number of ketones is 1. The van der Waals surface area contributed by atoms with E-state index in [0.717, 1.165) is 158 Å². The fourth-order valence-electron chi connectivity index (χ4n) is 15.6. The Labute approximate surface area is 651 Å². The molecule has 3 N–H and O–H groups in total. The van der Waals surface area contributed by atoms with Crippen LogP contribution in [0.2, 0.25) is 0 Å². The van der Waals surface area contributed by atoms with Gasteiger partial charge in [-0.15, -0.1) is 0 Å². The molecule has 20 nitrogen and oxygen atoms in total. The molecule has 10 fully saturated rings. The fraction of sp³-hybridized carbons (Fsp3) is 0.976. The van der Waals surface area contributed by atoms with Gasteiger partial charge in [0.25, 0.3) is 0 Å². The first-order valence-corrected chi connectivity index (χ1v) is 43.5. The van der Waals surface area contributed by atoms with Crippen LogP contribution in [0.15, 0.2) is 0 Å². The number of Topliss-reactive ketones (excluding diaryl/α,β-unsaturated/α-hetero) is 1. The van der Waals surface area contributed by atoms with E-state index >= 15 is 0 Å². The number of nitrogens with one attached hydrogen (secondary N) is 1. The van der Waals surface area contributed by atoms with Crippen LogP contribution in [0.3, 0.4) is 0 Å². The first-order valence-electron chi connectivity index (χ1n) is 43.5. The summed E-state index contributed by atoms with van der Waals surface area (Å²) < 4.78 is 0. The Hall–Kier alpha value is -1.54. The van der Waals surface area contributed by atoms with Gasteiger partial charge in [-0.25, -0.2) is 0 Å². The van der Waals surface area contributed by atoms with Crippen molar-refractivity contribution in [3.8, 4) is 0 Å². The van der Waals surface area contributed by atoms with E-state index in [2.05, 4.69) is 206 Å². The number of piperidine rings is 4. The van der Waals surface area contributed by atoms with Crippen LogP contribution < -0.4 is 5.32 Å². The van der Waals surface area contributed by atoms with Gasteiger partial charge < -0.3 is 64.5 Å². The molecule has 0 aromatic carbocycles. The highest BCUT2D eigenvalue weighted by Gasteiger charge is 2.30. The van der Waals surface area contributed by atoms with Crippen molar-refractivity contribution in [2.45, 2.75) is 269 Å². The monoisotopic (exact) mass is 1490 g/mol. The van der Waals surface area contributed by atoms with E-state index in [4.69, 9.17) is 5.11 Å².